The van der Waals surface area contributed by atoms with Crippen molar-refractivity contribution in [2.75, 3.05) is 50.6 Å². The van der Waals surface area contributed by atoms with Gasteiger partial charge in [-0.1, -0.05) is 36.4 Å². The average molecular weight is 424 g/mol. The fourth-order valence-corrected chi connectivity index (χ4v) is 4.53. The van der Waals surface area contributed by atoms with Crippen molar-refractivity contribution in [3.63, 3.8) is 0 Å². The molecule has 1 aliphatic rings. The van der Waals surface area contributed by atoms with Gasteiger partial charge >= 0.3 is 0 Å². The van der Waals surface area contributed by atoms with Crippen LogP contribution in [0.5, 0.6) is 0 Å². The molecular weight excluding hydrogens is 386 g/mol. The summed E-state index contributed by atoms with van der Waals surface area (Å²) in [7, 11) is 3.68. The molecule has 0 radical (unpaired) electrons. The zero-order valence-electron chi connectivity index (χ0n) is 19.3. The van der Waals surface area contributed by atoms with E-state index < -0.39 is 0 Å². The monoisotopic (exact) mass is 423 g/mol. The van der Waals surface area contributed by atoms with Crippen molar-refractivity contribution in [1.29, 1.82) is 0 Å². The van der Waals surface area contributed by atoms with Crippen LogP contribution >= 0.6 is 0 Å². The molecule has 0 aliphatic carbocycles. The summed E-state index contributed by atoms with van der Waals surface area (Å²) >= 11 is 0. The molecular formula is C26H37N3O2. The second kappa shape index (κ2) is 11.3. The Kier molecular flexibility index (Phi) is 8.50. The smallest absolute Gasteiger partial charge is 0.213 e. The van der Waals surface area contributed by atoms with Gasteiger partial charge < -0.3 is 15.0 Å². The Morgan fingerprint density at radius 1 is 1.13 bits per heavy atom. The summed E-state index contributed by atoms with van der Waals surface area (Å²) in [4.78, 5) is 15.3. The van der Waals surface area contributed by atoms with Crippen LogP contribution in [-0.4, -0.2) is 51.7 Å². The van der Waals surface area contributed by atoms with Crippen LogP contribution in [0.25, 0.3) is 0 Å². The molecule has 2 aromatic carbocycles. The Labute approximate surface area is 187 Å². The SMILES string of the molecule is CCOCC1(CCc2ccccc2)CCN(Cc2ccc(N(C)C=O)c(NC)c2)CC1. The van der Waals surface area contributed by atoms with Crippen LogP contribution in [0, 0.1) is 5.41 Å². The Morgan fingerprint density at radius 2 is 1.87 bits per heavy atom. The number of carbonyl (C=O) groups excluding carboxylic acids is 1. The largest absolute Gasteiger partial charge is 0.386 e. The Bertz CT molecular complexity index is 817. The zero-order valence-corrected chi connectivity index (χ0v) is 19.3. The number of carbonyl (C=O) groups is 1. The maximum atomic E-state index is 11.1. The second-order valence-corrected chi connectivity index (χ2v) is 8.72. The van der Waals surface area contributed by atoms with Gasteiger partial charge in [0.05, 0.1) is 18.0 Å². The summed E-state index contributed by atoms with van der Waals surface area (Å²) in [5.74, 6) is 0. The molecule has 31 heavy (non-hydrogen) atoms. The third-order valence-electron chi connectivity index (χ3n) is 6.59. The maximum Gasteiger partial charge on any atom is 0.213 e. The number of hydrogen-bond acceptors (Lipinski definition) is 4. The molecule has 1 amide bonds. The lowest BCUT2D eigenvalue weighted by molar-refractivity contribution is -0.107. The van der Waals surface area contributed by atoms with E-state index in [0.29, 0.717) is 0 Å². The van der Waals surface area contributed by atoms with Gasteiger partial charge in [-0.15, -0.1) is 0 Å². The summed E-state index contributed by atoms with van der Waals surface area (Å²) in [6, 6.07) is 17.1. The van der Waals surface area contributed by atoms with Gasteiger partial charge in [-0.25, -0.2) is 0 Å². The lowest BCUT2D eigenvalue weighted by Crippen LogP contribution is -2.42. The molecule has 2 aromatic rings. The molecule has 1 aliphatic heterocycles. The molecule has 0 atom stereocenters. The van der Waals surface area contributed by atoms with E-state index in [-0.39, 0.29) is 5.41 Å². The molecule has 3 rings (SSSR count). The number of amides is 1. The van der Waals surface area contributed by atoms with E-state index in [4.69, 9.17) is 4.74 Å². The number of rotatable bonds is 11. The van der Waals surface area contributed by atoms with Crippen LogP contribution in [0.3, 0.4) is 0 Å². The second-order valence-electron chi connectivity index (χ2n) is 8.72. The molecule has 0 saturated carbocycles. The van der Waals surface area contributed by atoms with Crippen LogP contribution in [0.4, 0.5) is 11.4 Å². The first-order chi connectivity index (χ1) is 15.1. The van der Waals surface area contributed by atoms with Crippen molar-refractivity contribution in [1.82, 2.24) is 4.90 Å². The predicted octanol–water partition coefficient (Wildman–Crippen LogP) is 4.57. The minimum atomic E-state index is 0.273. The molecule has 1 saturated heterocycles. The first-order valence-corrected chi connectivity index (χ1v) is 11.4. The van der Waals surface area contributed by atoms with Gasteiger partial charge in [0, 0.05) is 27.2 Å². The minimum absolute atomic E-state index is 0.273. The van der Waals surface area contributed by atoms with Gasteiger partial charge in [-0.05, 0) is 74.4 Å². The van der Waals surface area contributed by atoms with Crippen LogP contribution in [0.1, 0.15) is 37.3 Å². The van der Waals surface area contributed by atoms with Crippen molar-refractivity contribution in [3.8, 4) is 0 Å². The first-order valence-electron chi connectivity index (χ1n) is 11.4. The fourth-order valence-electron chi connectivity index (χ4n) is 4.53. The molecule has 0 aromatic heterocycles. The lowest BCUT2D eigenvalue weighted by atomic mass is 9.74. The first kappa shape index (κ1) is 23.3. The molecule has 5 heteroatoms. The molecule has 1 N–H and O–H groups in total. The minimum Gasteiger partial charge on any atom is -0.386 e. The van der Waals surface area contributed by atoms with Crippen LogP contribution < -0.4 is 10.2 Å². The third-order valence-corrected chi connectivity index (χ3v) is 6.59. The molecule has 168 valence electrons. The number of ether oxygens (including phenoxy) is 1. The third kappa shape index (κ3) is 6.31. The number of piperidine rings is 1. The van der Waals surface area contributed by atoms with Crippen LogP contribution in [0.2, 0.25) is 0 Å². The Balaban J connectivity index is 1.61. The summed E-state index contributed by atoms with van der Waals surface area (Å²) in [6.45, 7) is 6.85. The predicted molar refractivity (Wildman–Crippen MR) is 129 cm³/mol. The molecule has 1 fully saturated rings. The van der Waals surface area contributed by atoms with Gasteiger partial charge in [-0.2, -0.15) is 0 Å². The number of likely N-dealkylation sites (tertiary alicyclic amines) is 1. The van der Waals surface area contributed by atoms with Crippen molar-refractivity contribution in [2.24, 2.45) is 5.41 Å². The summed E-state index contributed by atoms with van der Waals surface area (Å²) < 4.78 is 5.93. The molecule has 5 nitrogen and oxygen atoms in total. The van der Waals surface area contributed by atoms with Gasteiger partial charge in [-0.3, -0.25) is 9.69 Å². The summed E-state index contributed by atoms with van der Waals surface area (Å²) in [5, 5.41) is 3.22. The Hall–Kier alpha value is -2.37. The normalized spacial score (nSPS) is 16.1. The summed E-state index contributed by atoms with van der Waals surface area (Å²) in [5.41, 5.74) is 4.85. The van der Waals surface area contributed by atoms with E-state index in [1.807, 2.05) is 13.1 Å². The number of nitrogens with zero attached hydrogens (tertiary/aromatic N) is 2. The topological polar surface area (TPSA) is 44.8 Å². The highest BCUT2D eigenvalue weighted by molar-refractivity contribution is 5.83. The van der Waals surface area contributed by atoms with E-state index in [9.17, 15) is 4.79 Å². The van der Waals surface area contributed by atoms with Gasteiger partial charge in [0.2, 0.25) is 6.41 Å². The molecule has 1 heterocycles. The van der Waals surface area contributed by atoms with Crippen molar-refractivity contribution >= 4 is 17.8 Å². The standard InChI is InChI=1S/C26H37N3O2/c1-4-31-20-26(13-12-22-8-6-5-7-9-22)14-16-29(17-15-26)19-23-10-11-25(28(3)21-30)24(18-23)27-2/h5-11,18,21,27H,4,12-17,19-20H2,1-3H3. The number of anilines is 2. The molecule has 0 unspecified atom stereocenters. The average Bonchev–Trinajstić information content (AvgIpc) is 2.83. The number of hydrogen-bond donors (Lipinski definition) is 1. The highest BCUT2D eigenvalue weighted by Gasteiger charge is 2.34. The van der Waals surface area contributed by atoms with Gasteiger partial charge in [0.15, 0.2) is 0 Å². The van der Waals surface area contributed by atoms with Crippen molar-refractivity contribution in [2.45, 2.75) is 39.2 Å². The Morgan fingerprint density at radius 3 is 2.52 bits per heavy atom. The number of nitrogens with one attached hydrogen (secondary N) is 1. The summed E-state index contributed by atoms with van der Waals surface area (Å²) in [6.07, 6.45) is 5.48. The fraction of sp³-hybridized carbons (Fsp3) is 0.500. The number of aryl methyl sites for hydroxylation is 1. The van der Waals surface area contributed by atoms with Crippen molar-refractivity contribution in [3.05, 3.63) is 59.7 Å². The zero-order chi connectivity index (χ0) is 22.1. The van der Waals surface area contributed by atoms with E-state index in [1.165, 1.54) is 30.4 Å². The van der Waals surface area contributed by atoms with Crippen LogP contribution in [0.15, 0.2) is 48.5 Å². The number of benzene rings is 2. The quantitative estimate of drug-likeness (QED) is 0.538. The lowest BCUT2D eigenvalue weighted by Gasteiger charge is -2.42. The van der Waals surface area contributed by atoms with E-state index >= 15 is 0 Å². The highest BCUT2D eigenvalue weighted by Crippen LogP contribution is 2.37. The van der Waals surface area contributed by atoms with Crippen LogP contribution in [-0.2, 0) is 22.5 Å². The van der Waals surface area contributed by atoms with E-state index in [0.717, 1.165) is 57.1 Å². The van der Waals surface area contributed by atoms with E-state index in [2.05, 4.69) is 59.6 Å². The maximum absolute atomic E-state index is 11.1. The van der Waals surface area contributed by atoms with Gasteiger partial charge in [0.1, 0.15) is 0 Å². The van der Waals surface area contributed by atoms with E-state index in [1.54, 1.807) is 11.9 Å². The molecule has 0 spiro atoms. The highest BCUT2D eigenvalue weighted by atomic mass is 16.5. The van der Waals surface area contributed by atoms with Crippen molar-refractivity contribution < 1.29 is 9.53 Å². The van der Waals surface area contributed by atoms with Gasteiger partial charge in [0.25, 0.3) is 0 Å². The molecule has 0 bridgehead atoms.